The molecule has 1 aliphatic heterocycles. The van der Waals surface area contributed by atoms with Gasteiger partial charge in [-0.15, -0.1) is 0 Å². The molecule has 0 aromatic carbocycles. The van der Waals surface area contributed by atoms with Gasteiger partial charge in [0.25, 0.3) is 0 Å². The lowest BCUT2D eigenvalue weighted by atomic mass is 9.85. The van der Waals surface area contributed by atoms with Gasteiger partial charge in [0.1, 0.15) is 0 Å². The maximum Gasteiger partial charge on any atom is 0.230 e. The summed E-state index contributed by atoms with van der Waals surface area (Å²) in [5.74, 6) is -0.0560. The number of carbonyl (C=O) groups is 1. The van der Waals surface area contributed by atoms with E-state index in [9.17, 15) is 4.79 Å². The van der Waals surface area contributed by atoms with E-state index in [0.29, 0.717) is 26.4 Å². The lowest BCUT2D eigenvalue weighted by Crippen LogP contribution is -2.50. The molecule has 0 bridgehead atoms. The molecular weight excluding hydrogens is 184 g/mol. The zero-order valence-corrected chi connectivity index (χ0v) is 8.71. The Bertz CT molecular complexity index is 210. The van der Waals surface area contributed by atoms with E-state index < -0.39 is 5.41 Å². The summed E-state index contributed by atoms with van der Waals surface area (Å²) in [7, 11) is 1.60. The summed E-state index contributed by atoms with van der Waals surface area (Å²) in [5.41, 5.74) is 5.21. The van der Waals surface area contributed by atoms with Crippen LogP contribution in [0.25, 0.3) is 0 Å². The van der Waals surface area contributed by atoms with Gasteiger partial charge in [0, 0.05) is 19.7 Å². The first kappa shape index (κ1) is 11.4. The van der Waals surface area contributed by atoms with E-state index in [2.05, 4.69) is 5.32 Å². The summed E-state index contributed by atoms with van der Waals surface area (Å²) >= 11 is 0. The van der Waals surface area contributed by atoms with E-state index in [1.165, 1.54) is 0 Å². The van der Waals surface area contributed by atoms with Crippen LogP contribution in [0.5, 0.6) is 0 Å². The highest BCUT2D eigenvalue weighted by Crippen LogP contribution is 2.26. The van der Waals surface area contributed by atoms with Crippen LogP contribution in [0.2, 0.25) is 0 Å². The van der Waals surface area contributed by atoms with Crippen molar-refractivity contribution in [2.24, 2.45) is 11.1 Å². The van der Waals surface area contributed by atoms with Gasteiger partial charge in [-0.1, -0.05) is 0 Å². The van der Waals surface area contributed by atoms with Gasteiger partial charge in [0.2, 0.25) is 5.91 Å². The molecule has 0 aromatic rings. The molecule has 14 heavy (non-hydrogen) atoms. The van der Waals surface area contributed by atoms with Gasteiger partial charge in [-0.05, 0) is 6.92 Å². The number of nitrogens with one attached hydrogen (secondary N) is 1. The van der Waals surface area contributed by atoms with Gasteiger partial charge in [0.15, 0.2) is 0 Å². The second kappa shape index (κ2) is 4.72. The minimum atomic E-state index is -0.590. The Labute approximate surface area is 83.9 Å². The highest BCUT2D eigenvalue weighted by atomic mass is 16.5. The molecule has 1 rings (SSSR count). The Hall–Kier alpha value is -0.650. The molecule has 0 radical (unpaired) electrons. The predicted molar refractivity (Wildman–Crippen MR) is 51.8 cm³/mol. The molecule has 2 atom stereocenters. The van der Waals surface area contributed by atoms with E-state index >= 15 is 0 Å². The molecule has 5 heteroatoms. The number of nitrogens with two attached hydrogens (primary N) is 1. The zero-order chi connectivity index (χ0) is 10.6. The fourth-order valence-electron chi connectivity index (χ4n) is 1.39. The lowest BCUT2D eigenvalue weighted by Gasteiger charge is -2.25. The largest absolute Gasteiger partial charge is 0.383 e. The van der Waals surface area contributed by atoms with Crippen molar-refractivity contribution in [1.29, 1.82) is 0 Å². The van der Waals surface area contributed by atoms with Crippen LogP contribution in [0.3, 0.4) is 0 Å². The smallest absolute Gasteiger partial charge is 0.230 e. The zero-order valence-electron chi connectivity index (χ0n) is 8.71. The van der Waals surface area contributed by atoms with E-state index in [1.807, 2.05) is 6.92 Å². The van der Waals surface area contributed by atoms with E-state index in [-0.39, 0.29) is 11.9 Å². The Morgan fingerprint density at radius 2 is 2.50 bits per heavy atom. The molecule has 5 nitrogen and oxygen atoms in total. The molecule has 0 saturated carbocycles. The molecule has 0 aromatic heterocycles. The second-order valence-corrected chi connectivity index (χ2v) is 3.79. The van der Waals surface area contributed by atoms with Crippen LogP contribution in [0.15, 0.2) is 0 Å². The Morgan fingerprint density at radius 1 is 1.79 bits per heavy atom. The van der Waals surface area contributed by atoms with Gasteiger partial charge in [-0.3, -0.25) is 4.79 Å². The molecule has 1 aliphatic rings. The van der Waals surface area contributed by atoms with Gasteiger partial charge < -0.3 is 20.5 Å². The van der Waals surface area contributed by atoms with Crippen LogP contribution in [-0.4, -0.2) is 45.4 Å². The minimum absolute atomic E-state index is 0.0560. The molecule has 1 amide bonds. The Kier molecular flexibility index (Phi) is 3.86. The van der Waals surface area contributed by atoms with Gasteiger partial charge in [0.05, 0.1) is 25.2 Å². The standard InChI is InChI=1S/C9H18N2O3/c1-9(6-14-5-7(9)10)8(12)11-3-4-13-2/h7H,3-6,10H2,1-2H3,(H,11,12). The Balaban J connectivity index is 2.42. The SMILES string of the molecule is COCCNC(=O)C1(C)COCC1N. The van der Waals surface area contributed by atoms with E-state index in [4.69, 9.17) is 15.2 Å². The number of hydrogen-bond acceptors (Lipinski definition) is 4. The van der Waals surface area contributed by atoms with Crippen molar-refractivity contribution in [3.63, 3.8) is 0 Å². The average molecular weight is 202 g/mol. The Morgan fingerprint density at radius 3 is 3.00 bits per heavy atom. The topological polar surface area (TPSA) is 73.6 Å². The summed E-state index contributed by atoms with van der Waals surface area (Å²) in [4.78, 5) is 11.7. The number of amides is 1. The van der Waals surface area contributed by atoms with Crippen LogP contribution >= 0.6 is 0 Å². The van der Waals surface area contributed by atoms with Crippen LogP contribution in [0, 0.1) is 5.41 Å². The van der Waals surface area contributed by atoms with E-state index in [1.54, 1.807) is 7.11 Å². The van der Waals surface area contributed by atoms with Crippen LogP contribution in [-0.2, 0) is 14.3 Å². The van der Waals surface area contributed by atoms with Crippen LogP contribution < -0.4 is 11.1 Å². The maximum atomic E-state index is 11.7. The lowest BCUT2D eigenvalue weighted by molar-refractivity contribution is -0.130. The molecule has 1 heterocycles. The minimum Gasteiger partial charge on any atom is -0.383 e. The summed E-state index contributed by atoms with van der Waals surface area (Å²) < 4.78 is 10.0. The second-order valence-electron chi connectivity index (χ2n) is 3.79. The summed E-state index contributed by atoms with van der Waals surface area (Å²) in [5, 5.41) is 2.77. The highest BCUT2D eigenvalue weighted by Gasteiger charge is 2.44. The molecular formula is C9H18N2O3. The molecule has 0 aliphatic carbocycles. The molecule has 0 spiro atoms. The van der Waals surface area contributed by atoms with Crippen molar-refractivity contribution >= 4 is 5.91 Å². The van der Waals surface area contributed by atoms with Crippen LogP contribution in [0.4, 0.5) is 0 Å². The normalized spacial score (nSPS) is 31.8. The summed E-state index contributed by atoms with van der Waals surface area (Å²) in [6.07, 6.45) is 0. The summed E-state index contributed by atoms with van der Waals surface area (Å²) in [6, 6.07) is -0.218. The number of hydrogen-bond donors (Lipinski definition) is 2. The first-order valence-corrected chi connectivity index (χ1v) is 4.72. The predicted octanol–water partition coefficient (Wildman–Crippen LogP) is -0.887. The van der Waals surface area contributed by atoms with Crippen LogP contribution in [0.1, 0.15) is 6.92 Å². The fraction of sp³-hybridized carbons (Fsp3) is 0.889. The summed E-state index contributed by atoms with van der Waals surface area (Å²) in [6.45, 7) is 3.70. The number of ether oxygens (including phenoxy) is 2. The van der Waals surface area contributed by atoms with Crippen molar-refractivity contribution in [2.45, 2.75) is 13.0 Å². The molecule has 1 saturated heterocycles. The first-order chi connectivity index (χ1) is 6.61. The molecule has 2 unspecified atom stereocenters. The molecule has 1 fully saturated rings. The third-order valence-corrected chi connectivity index (χ3v) is 2.63. The third-order valence-electron chi connectivity index (χ3n) is 2.63. The maximum absolute atomic E-state index is 11.7. The van der Waals surface area contributed by atoms with Crippen molar-refractivity contribution in [3.05, 3.63) is 0 Å². The van der Waals surface area contributed by atoms with Gasteiger partial charge >= 0.3 is 0 Å². The fourth-order valence-corrected chi connectivity index (χ4v) is 1.39. The molecule has 3 N–H and O–H groups in total. The van der Waals surface area contributed by atoms with E-state index in [0.717, 1.165) is 0 Å². The molecule has 82 valence electrons. The number of rotatable bonds is 4. The first-order valence-electron chi connectivity index (χ1n) is 4.72. The van der Waals surface area contributed by atoms with Gasteiger partial charge in [-0.2, -0.15) is 0 Å². The van der Waals surface area contributed by atoms with Crippen molar-refractivity contribution in [2.75, 3.05) is 33.5 Å². The quantitative estimate of drug-likeness (QED) is 0.580. The van der Waals surface area contributed by atoms with Crippen molar-refractivity contribution in [3.8, 4) is 0 Å². The van der Waals surface area contributed by atoms with Gasteiger partial charge in [-0.25, -0.2) is 0 Å². The average Bonchev–Trinajstić information content (AvgIpc) is 2.49. The number of carbonyl (C=O) groups excluding carboxylic acids is 1. The van der Waals surface area contributed by atoms with Crippen molar-refractivity contribution < 1.29 is 14.3 Å². The highest BCUT2D eigenvalue weighted by molar-refractivity contribution is 5.83. The number of methoxy groups -OCH3 is 1. The van der Waals surface area contributed by atoms with Crippen molar-refractivity contribution in [1.82, 2.24) is 5.32 Å². The monoisotopic (exact) mass is 202 g/mol. The third kappa shape index (κ3) is 2.23.